The summed E-state index contributed by atoms with van der Waals surface area (Å²) in [5, 5.41) is 2.69. The van der Waals surface area contributed by atoms with Crippen molar-refractivity contribution in [3.05, 3.63) is 21.5 Å². The smallest absolute Gasteiger partial charge is 0.0808 e. The van der Waals surface area contributed by atoms with Gasteiger partial charge in [0, 0.05) is 11.1 Å². The highest BCUT2D eigenvalue weighted by Crippen LogP contribution is 2.44. The normalized spacial score (nSPS) is 16.8. The van der Waals surface area contributed by atoms with E-state index < -0.39 is 16.1 Å². The minimum Gasteiger partial charge on any atom is -0.115 e. The summed E-state index contributed by atoms with van der Waals surface area (Å²) >= 11 is 0. The molecule has 84 valence electrons. The van der Waals surface area contributed by atoms with E-state index in [0.29, 0.717) is 0 Å². The zero-order valence-corrected chi connectivity index (χ0v) is 13.2. The van der Waals surface area contributed by atoms with Crippen molar-refractivity contribution in [3.8, 4) is 24.7 Å². The van der Waals surface area contributed by atoms with Crippen molar-refractivity contribution in [2.24, 2.45) is 0 Å². The maximum Gasteiger partial charge on any atom is 0.0808 e. The molecule has 0 heterocycles. The first-order chi connectivity index (χ1) is 7.14. The number of allylic oxidation sites excluding steroid dienone is 4. The monoisotopic (exact) mass is 244 g/mol. The lowest BCUT2D eigenvalue weighted by Gasteiger charge is -2.38. The number of hydrogen-bond acceptors (Lipinski definition) is 0. The molecule has 0 aromatic rings. The second-order valence-corrected chi connectivity index (χ2v) is 16.3. The van der Waals surface area contributed by atoms with E-state index >= 15 is 0 Å². The summed E-state index contributed by atoms with van der Waals surface area (Å²) in [6.45, 7) is 13.8. The lowest BCUT2D eigenvalue weighted by Crippen LogP contribution is -2.39. The minimum atomic E-state index is -1.40. The third kappa shape index (κ3) is 1.96. The predicted molar refractivity (Wildman–Crippen MR) is 78.4 cm³/mol. The second-order valence-electron chi connectivity index (χ2n) is 6.29. The molecule has 0 saturated heterocycles. The first-order valence-electron chi connectivity index (χ1n) is 5.58. The van der Waals surface area contributed by atoms with Gasteiger partial charge in [0.15, 0.2) is 0 Å². The molecule has 0 N–H and O–H groups in total. The van der Waals surface area contributed by atoms with Crippen LogP contribution in [0.5, 0.6) is 0 Å². The van der Waals surface area contributed by atoms with E-state index in [4.69, 9.17) is 12.8 Å². The van der Waals surface area contributed by atoms with Gasteiger partial charge >= 0.3 is 0 Å². The van der Waals surface area contributed by atoms with Gasteiger partial charge in [0.25, 0.3) is 0 Å². The van der Waals surface area contributed by atoms with Crippen molar-refractivity contribution in [3.63, 3.8) is 0 Å². The van der Waals surface area contributed by atoms with Crippen LogP contribution < -0.4 is 0 Å². The molecule has 0 saturated carbocycles. The Morgan fingerprint density at radius 1 is 0.688 bits per heavy atom. The largest absolute Gasteiger partial charge is 0.115 e. The molecule has 0 aromatic carbocycles. The van der Waals surface area contributed by atoms with Crippen LogP contribution in [0.2, 0.25) is 39.3 Å². The highest BCUT2D eigenvalue weighted by Gasteiger charge is 2.40. The van der Waals surface area contributed by atoms with Crippen LogP contribution in [-0.4, -0.2) is 16.1 Å². The Balaban J connectivity index is 3.37. The molecule has 1 aliphatic rings. The molecule has 1 rings (SSSR count). The van der Waals surface area contributed by atoms with E-state index in [-0.39, 0.29) is 0 Å². The summed E-state index contributed by atoms with van der Waals surface area (Å²) in [5.74, 6) is 5.75. The Labute approximate surface area is 102 Å². The molecule has 0 bridgehead atoms. The first kappa shape index (κ1) is 13.1. The van der Waals surface area contributed by atoms with Gasteiger partial charge < -0.3 is 0 Å². The van der Waals surface area contributed by atoms with E-state index in [9.17, 15) is 0 Å². The Hall–Kier alpha value is -0.966. The molecular formula is C14H20Si2. The number of rotatable bonds is 2. The average molecular weight is 244 g/mol. The molecule has 1 aliphatic carbocycles. The van der Waals surface area contributed by atoms with Crippen LogP contribution in [-0.2, 0) is 0 Å². The summed E-state index contributed by atoms with van der Waals surface area (Å²) in [5.41, 5.74) is 2.29. The molecule has 0 unspecified atom stereocenters. The molecule has 0 aliphatic heterocycles. The highest BCUT2D eigenvalue weighted by molar-refractivity contribution is 6.89. The molecular weight excluding hydrogens is 224 g/mol. The zero-order chi connectivity index (χ0) is 12.7. The molecule has 0 atom stereocenters. The summed E-state index contributed by atoms with van der Waals surface area (Å²) < 4.78 is 0. The zero-order valence-electron chi connectivity index (χ0n) is 11.2. The Kier molecular flexibility index (Phi) is 3.11. The molecule has 0 nitrogen and oxygen atoms in total. The van der Waals surface area contributed by atoms with Crippen LogP contribution in [0.4, 0.5) is 0 Å². The standard InChI is InChI=1S/C14H20Si2/c1-9-11-13(15(3,4)5)12(10-2)14(11)16(6,7)8/h1-2H,3-8H3. The van der Waals surface area contributed by atoms with Gasteiger partial charge in [-0.15, -0.1) is 12.8 Å². The van der Waals surface area contributed by atoms with Gasteiger partial charge in [-0.05, 0) is 10.4 Å². The van der Waals surface area contributed by atoms with Crippen molar-refractivity contribution in [1.82, 2.24) is 0 Å². The van der Waals surface area contributed by atoms with Gasteiger partial charge in [-0.2, -0.15) is 0 Å². The summed E-state index contributed by atoms with van der Waals surface area (Å²) in [4.78, 5) is 0. The van der Waals surface area contributed by atoms with E-state index in [0.717, 1.165) is 11.1 Å². The van der Waals surface area contributed by atoms with E-state index in [1.807, 2.05) is 0 Å². The Morgan fingerprint density at radius 3 is 1.06 bits per heavy atom. The third-order valence-electron chi connectivity index (χ3n) is 2.79. The fourth-order valence-electron chi connectivity index (χ4n) is 2.23. The van der Waals surface area contributed by atoms with E-state index in [2.05, 4.69) is 51.1 Å². The molecule has 0 fully saturated rings. The topological polar surface area (TPSA) is 0 Å². The fraction of sp³-hybridized carbons (Fsp3) is 0.429. The number of terminal acetylenes is 2. The quantitative estimate of drug-likeness (QED) is 0.514. The van der Waals surface area contributed by atoms with Crippen LogP contribution in [0.15, 0.2) is 21.5 Å². The second kappa shape index (κ2) is 3.80. The van der Waals surface area contributed by atoms with Gasteiger partial charge in [0.2, 0.25) is 0 Å². The highest BCUT2D eigenvalue weighted by atomic mass is 28.3. The van der Waals surface area contributed by atoms with Crippen molar-refractivity contribution in [1.29, 1.82) is 0 Å². The molecule has 16 heavy (non-hydrogen) atoms. The van der Waals surface area contributed by atoms with Gasteiger partial charge in [0.05, 0.1) is 16.1 Å². The lowest BCUT2D eigenvalue weighted by atomic mass is 9.99. The van der Waals surface area contributed by atoms with Gasteiger partial charge in [-0.1, -0.05) is 51.1 Å². The fourth-order valence-corrected chi connectivity index (χ4v) is 6.26. The summed E-state index contributed by atoms with van der Waals surface area (Å²) in [6, 6.07) is 0. The van der Waals surface area contributed by atoms with Crippen molar-refractivity contribution >= 4 is 16.1 Å². The van der Waals surface area contributed by atoms with Crippen molar-refractivity contribution in [2.45, 2.75) is 39.3 Å². The van der Waals surface area contributed by atoms with E-state index in [1.165, 1.54) is 10.4 Å². The number of hydrogen-bond donors (Lipinski definition) is 0. The van der Waals surface area contributed by atoms with E-state index in [1.54, 1.807) is 0 Å². The van der Waals surface area contributed by atoms with Gasteiger partial charge in [-0.3, -0.25) is 0 Å². The van der Waals surface area contributed by atoms with Crippen molar-refractivity contribution < 1.29 is 0 Å². The summed E-state index contributed by atoms with van der Waals surface area (Å²) in [6.07, 6.45) is 11.3. The van der Waals surface area contributed by atoms with Crippen LogP contribution in [0.25, 0.3) is 0 Å². The lowest BCUT2D eigenvalue weighted by molar-refractivity contribution is 1.36. The molecule has 0 amide bonds. The van der Waals surface area contributed by atoms with Crippen molar-refractivity contribution in [2.75, 3.05) is 0 Å². The molecule has 0 aromatic heterocycles. The van der Waals surface area contributed by atoms with Gasteiger partial charge in [0.1, 0.15) is 0 Å². The van der Waals surface area contributed by atoms with Crippen LogP contribution in [0, 0.1) is 24.7 Å². The predicted octanol–water partition coefficient (Wildman–Crippen LogP) is 3.61. The summed E-state index contributed by atoms with van der Waals surface area (Å²) in [7, 11) is -2.81. The first-order valence-corrected chi connectivity index (χ1v) is 12.6. The molecule has 0 radical (unpaired) electrons. The molecule has 2 heteroatoms. The van der Waals surface area contributed by atoms with Crippen LogP contribution in [0.1, 0.15) is 0 Å². The Bertz CT molecular complexity index is 406. The van der Waals surface area contributed by atoms with Crippen LogP contribution >= 0.6 is 0 Å². The maximum atomic E-state index is 5.66. The van der Waals surface area contributed by atoms with Gasteiger partial charge in [-0.25, -0.2) is 0 Å². The average Bonchev–Trinajstić information content (AvgIpc) is 1.97. The SMILES string of the molecule is C#CC1=C([Si](C)(C)C)C(C#C)=C1[Si](C)(C)C. The minimum absolute atomic E-state index is 1.14. The molecule has 0 spiro atoms. The van der Waals surface area contributed by atoms with Crippen LogP contribution in [0.3, 0.4) is 0 Å². The Morgan fingerprint density at radius 2 is 0.938 bits per heavy atom. The third-order valence-corrected chi connectivity index (χ3v) is 6.79. The maximum absolute atomic E-state index is 5.66.